The van der Waals surface area contributed by atoms with E-state index in [1.54, 1.807) is 13.2 Å². The number of aryl methyl sites for hydroxylation is 2. The summed E-state index contributed by atoms with van der Waals surface area (Å²) in [6.07, 6.45) is 1.80. The molecule has 0 unspecified atom stereocenters. The van der Waals surface area contributed by atoms with Crippen molar-refractivity contribution >= 4 is 5.96 Å². The lowest BCUT2D eigenvalue weighted by Crippen LogP contribution is -2.43. The topological polar surface area (TPSA) is 54.2 Å². The summed E-state index contributed by atoms with van der Waals surface area (Å²) >= 11 is 0. The third-order valence-corrected chi connectivity index (χ3v) is 4.08. The second-order valence-electron chi connectivity index (χ2n) is 6.48. The van der Waals surface area contributed by atoms with E-state index < -0.39 is 0 Å². The Bertz CT molecular complexity index is 670. The molecule has 2 N–H and O–H groups in total. The Hall–Kier alpha value is -2.30. The first-order valence-electron chi connectivity index (χ1n) is 7.91. The van der Waals surface area contributed by atoms with Gasteiger partial charge in [0.05, 0.1) is 12.2 Å². The fourth-order valence-electron chi connectivity index (χ4n) is 2.44. The summed E-state index contributed by atoms with van der Waals surface area (Å²) in [5, 5.41) is 10.9. The number of rotatable bonds is 5. The quantitative estimate of drug-likeness (QED) is 0.658. The maximum Gasteiger partial charge on any atom is 0.191 e. The lowest BCUT2D eigenvalue weighted by molar-refractivity contribution is 0.508. The molecule has 0 bridgehead atoms. The molecule has 0 amide bonds. The molecular weight excluding hydrogens is 286 g/mol. The predicted octanol–water partition coefficient (Wildman–Crippen LogP) is 2.37. The number of hydrogen-bond donors (Lipinski definition) is 2. The SMILES string of the molecule is CN=C(NCc1ccnn1C)NCC(C)(C)c1cccc(C)c1. The molecule has 5 nitrogen and oxygen atoms in total. The summed E-state index contributed by atoms with van der Waals surface area (Å²) in [7, 11) is 3.73. The van der Waals surface area contributed by atoms with Gasteiger partial charge >= 0.3 is 0 Å². The van der Waals surface area contributed by atoms with Crippen molar-refractivity contribution in [3.05, 3.63) is 53.3 Å². The van der Waals surface area contributed by atoms with Crippen LogP contribution in [0.2, 0.25) is 0 Å². The molecule has 0 saturated carbocycles. The summed E-state index contributed by atoms with van der Waals surface area (Å²) < 4.78 is 1.86. The first kappa shape index (κ1) is 17.1. The van der Waals surface area contributed by atoms with Crippen LogP contribution >= 0.6 is 0 Å². The van der Waals surface area contributed by atoms with Crippen LogP contribution in [0.15, 0.2) is 41.5 Å². The fraction of sp³-hybridized carbons (Fsp3) is 0.444. The molecule has 1 aromatic carbocycles. The minimum absolute atomic E-state index is 0.0240. The highest BCUT2D eigenvalue weighted by Gasteiger charge is 2.21. The summed E-state index contributed by atoms with van der Waals surface area (Å²) in [5.74, 6) is 0.798. The zero-order valence-electron chi connectivity index (χ0n) is 14.7. The molecule has 0 aliphatic rings. The van der Waals surface area contributed by atoms with Gasteiger partial charge in [-0.2, -0.15) is 5.10 Å². The number of aromatic nitrogens is 2. The van der Waals surface area contributed by atoms with Gasteiger partial charge in [0.1, 0.15) is 0 Å². The maximum atomic E-state index is 4.30. The van der Waals surface area contributed by atoms with Crippen molar-refractivity contribution in [3.8, 4) is 0 Å². The van der Waals surface area contributed by atoms with E-state index in [1.165, 1.54) is 11.1 Å². The van der Waals surface area contributed by atoms with Crippen molar-refractivity contribution in [1.29, 1.82) is 0 Å². The van der Waals surface area contributed by atoms with Crippen molar-refractivity contribution < 1.29 is 0 Å². The van der Waals surface area contributed by atoms with Gasteiger partial charge in [-0.15, -0.1) is 0 Å². The molecule has 0 aliphatic heterocycles. The van der Waals surface area contributed by atoms with Gasteiger partial charge in [-0.05, 0) is 18.6 Å². The molecule has 0 radical (unpaired) electrons. The van der Waals surface area contributed by atoms with Crippen molar-refractivity contribution in [2.24, 2.45) is 12.0 Å². The molecule has 1 aromatic heterocycles. The molecule has 0 atom stereocenters. The molecule has 1 heterocycles. The largest absolute Gasteiger partial charge is 0.356 e. The molecule has 0 spiro atoms. The van der Waals surface area contributed by atoms with Gasteiger partial charge in [0.2, 0.25) is 0 Å². The van der Waals surface area contributed by atoms with Crippen LogP contribution in [0.4, 0.5) is 0 Å². The van der Waals surface area contributed by atoms with E-state index in [1.807, 2.05) is 17.8 Å². The minimum atomic E-state index is 0.0240. The number of nitrogens with one attached hydrogen (secondary N) is 2. The molecule has 5 heteroatoms. The second kappa shape index (κ2) is 7.31. The Labute approximate surface area is 138 Å². The highest BCUT2D eigenvalue weighted by atomic mass is 15.3. The zero-order chi connectivity index (χ0) is 16.9. The number of guanidine groups is 1. The van der Waals surface area contributed by atoms with Crippen LogP contribution in [0.1, 0.15) is 30.7 Å². The Morgan fingerprint density at radius 3 is 2.65 bits per heavy atom. The van der Waals surface area contributed by atoms with Gasteiger partial charge in [0.25, 0.3) is 0 Å². The van der Waals surface area contributed by atoms with E-state index in [0.29, 0.717) is 6.54 Å². The standard InChI is InChI=1S/C18H27N5/c1-14-7-6-8-15(11-14)18(2,3)13-21-17(19-4)20-12-16-9-10-22-23(16)5/h6-11H,12-13H2,1-5H3,(H2,19,20,21). The highest BCUT2D eigenvalue weighted by Crippen LogP contribution is 2.22. The number of benzene rings is 1. The van der Waals surface area contributed by atoms with E-state index >= 15 is 0 Å². The van der Waals surface area contributed by atoms with Crippen LogP contribution in [0, 0.1) is 6.92 Å². The first-order chi connectivity index (χ1) is 10.9. The Kier molecular flexibility index (Phi) is 5.42. The molecular formula is C18H27N5. The molecule has 124 valence electrons. The molecule has 0 aliphatic carbocycles. The van der Waals surface area contributed by atoms with Crippen LogP contribution in [0.3, 0.4) is 0 Å². The van der Waals surface area contributed by atoms with Crippen LogP contribution in [-0.2, 0) is 19.0 Å². The van der Waals surface area contributed by atoms with Crippen LogP contribution < -0.4 is 10.6 Å². The smallest absolute Gasteiger partial charge is 0.191 e. The fourth-order valence-corrected chi connectivity index (χ4v) is 2.44. The van der Waals surface area contributed by atoms with Gasteiger partial charge in [0, 0.05) is 32.3 Å². The van der Waals surface area contributed by atoms with Crippen molar-refractivity contribution in [2.75, 3.05) is 13.6 Å². The van der Waals surface area contributed by atoms with Crippen molar-refractivity contribution in [3.63, 3.8) is 0 Å². The average molecular weight is 313 g/mol. The Morgan fingerprint density at radius 1 is 1.26 bits per heavy atom. The third-order valence-electron chi connectivity index (χ3n) is 4.08. The number of hydrogen-bond acceptors (Lipinski definition) is 2. The van der Waals surface area contributed by atoms with Gasteiger partial charge in [-0.1, -0.05) is 43.7 Å². The van der Waals surface area contributed by atoms with Gasteiger partial charge in [0.15, 0.2) is 5.96 Å². The van der Waals surface area contributed by atoms with E-state index in [0.717, 1.165) is 18.2 Å². The van der Waals surface area contributed by atoms with Crippen molar-refractivity contribution in [1.82, 2.24) is 20.4 Å². The summed E-state index contributed by atoms with van der Waals surface area (Å²) in [6.45, 7) is 8.11. The monoisotopic (exact) mass is 313 g/mol. The molecule has 0 fully saturated rings. The van der Waals surface area contributed by atoms with Gasteiger partial charge in [-0.3, -0.25) is 9.67 Å². The summed E-state index contributed by atoms with van der Waals surface area (Å²) in [6, 6.07) is 10.7. The van der Waals surface area contributed by atoms with E-state index in [9.17, 15) is 0 Å². The van der Waals surface area contributed by atoms with Crippen molar-refractivity contribution in [2.45, 2.75) is 32.7 Å². The Balaban J connectivity index is 1.93. The van der Waals surface area contributed by atoms with E-state index in [2.05, 4.69) is 65.8 Å². The molecule has 0 saturated heterocycles. The normalized spacial score (nSPS) is 12.3. The minimum Gasteiger partial charge on any atom is -0.356 e. The average Bonchev–Trinajstić information content (AvgIpc) is 2.93. The number of nitrogens with zero attached hydrogens (tertiary/aromatic N) is 3. The van der Waals surface area contributed by atoms with E-state index in [4.69, 9.17) is 0 Å². The van der Waals surface area contributed by atoms with Gasteiger partial charge in [-0.25, -0.2) is 0 Å². The first-order valence-corrected chi connectivity index (χ1v) is 7.91. The molecule has 2 aromatic rings. The zero-order valence-corrected chi connectivity index (χ0v) is 14.7. The third kappa shape index (κ3) is 4.58. The van der Waals surface area contributed by atoms with E-state index in [-0.39, 0.29) is 5.41 Å². The number of aliphatic imine (C=N–C) groups is 1. The second-order valence-corrected chi connectivity index (χ2v) is 6.48. The lowest BCUT2D eigenvalue weighted by Gasteiger charge is -2.27. The summed E-state index contributed by atoms with van der Waals surface area (Å²) in [4.78, 5) is 4.30. The molecule has 2 rings (SSSR count). The molecule has 23 heavy (non-hydrogen) atoms. The summed E-state index contributed by atoms with van der Waals surface area (Å²) in [5.41, 5.74) is 3.75. The lowest BCUT2D eigenvalue weighted by atomic mass is 9.84. The van der Waals surface area contributed by atoms with Crippen LogP contribution in [0.25, 0.3) is 0 Å². The Morgan fingerprint density at radius 2 is 2.04 bits per heavy atom. The van der Waals surface area contributed by atoms with Crippen LogP contribution in [0.5, 0.6) is 0 Å². The predicted molar refractivity (Wildman–Crippen MR) is 95.6 cm³/mol. The van der Waals surface area contributed by atoms with Crippen LogP contribution in [-0.4, -0.2) is 29.3 Å². The highest BCUT2D eigenvalue weighted by molar-refractivity contribution is 5.79. The maximum absolute atomic E-state index is 4.30. The van der Waals surface area contributed by atoms with Gasteiger partial charge < -0.3 is 10.6 Å².